The van der Waals surface area contributed by atoms with Crippen LogP contribution in [0.3, 0.4) is 0 Å². The molecule has 17 heavy (non-hydrogen) atoms. The molecule has 96 valence electrons. The van der Waals surface area contributed by atoms with Gasteiger partial charge in [-0.2, -0.15) is 0 Å². The molecule has 0 spiro atoms. The lowest BCUT2D eigenvalue weighted by molar-refractivity contribution is 0.358. The summed E-state index contributed by atoms with van der Waals surface area (Å²) in [6.07, 6.45) is 2.25. The highest BCUT2D eigenvalue weighted by Gasteiger charge is 2.20. The van der Waals surface area contributed by atoms with Crippen molar-refractivity contribution in [2.45, 2.75) is 46.6 Å². The quantitative estimate of drug-likeness (QED) is 0.781. The van der Waals surface area contributed by atoms with Gasteiger partial charge in [-0.1, -0.05) is 44.9 Å². The van der Waals surface area contributed by atoms with Gasteiger partial charge in [-0.15, -0.1) is 0 Å². The molecule has 0 aliphatic rings. The molecule has 0 saturated heterocycles. The molecule has 1 N–H and O–H groups in total. The van der Waals surface area contributed by atoms with E-state index in [1.54, 1.807) is 6.07 Å². The second kappa shape index (κ2) is 6.75. The molecule has 0 amide bonds. The van der Waals surface area contributed by atoms with Gasteiger partial charge in [0.1, 0.15) is 5.82 Å². The van der Waals surface area contributed by atoms with Crippen LogP contribution in [0.15, 0.2) is 18.2 Å². The van der Waals surface area contributed by atoms with Gasteiger partial charge in [-0.25, -0.2) is 4.39 Å². The maximum absolute atomic E-state index is 13.9. The van der Waals surface area contributed by atoms with Crippen molar-refractivity contribution in [3.63, 3.8) is 0 Å². The van der Waals surface area contributed by atoms with E-state index in [0.717, 1.165) is 30.5 Å². The number of hydrogen-bond acceptors (Lipinski definition) is 1. The second-order valence-corrected chi connectivity index (χ2v) is 4.83. The Hall–Kier alpha value is -0.890. The van der Waals surface area contributed by atoms with Crippen LogP contribution < -0.4 is 5.32 Å². The molecule has 2 heteroatoms. The lowest BCUT2D eigenvalue weighted by Crippen LogP contribution is -2.27. The molecule has 1 aromatic rings. The topological polar surface area (TPSA) is 12.0 Å². The third-order valence-corrected chi connectivity index (χ3v) is 3.22. The van der Waals surface area contributed by atoms with Gasteiger partial charge in [0.2, 0.25) is 0 Å². The zero-order valence-corrected chi connectivity index (χ0v) is 11.4. The lowest BCUT2D eigenvalue weighted by Gasteiger charge is -2.25. The second-order valence-electron chi connectivity index (χ2n) is 4.83. The number of aryl methyl sites for hydroxylation is 1. The third kappa shape index (κ3) is 3.81. The predicted octanol–water partition coefficient (Wildman–Crippen LogP) is 4.22. The van der Waals surface area contributed by atoms with E-state index in [4.69, 9.17) is 0 Å². The molecule has 1 rings (SSSR count). The summed E-state index contributed by atoms with van der Waals surface area (Å²) in [5.74, 6) is 0.362. The van der Waals surface area contributed by atoms with E-state index < -0.39 is 0 Å². The summed E-state index contributed by atoms with van der Waals surface area (Å²) < 4.78 is 13.9. The maximum Gasteiger partial charge on any atom is 0.128 e. The molecule has 0 fully saturated rings. The molecule has 0 saturated carbocycles. The van der Waals surface area contributed by atoms with Crippen molar-refractivity contribution in [2.75, 3.05) is 6.54 Å². The predicted molar refractivity (Wildman–Crippen MR) is 71.6 cm³/mol. The SMILES string of the molecule is CCCC(C)C(NCC)c1cc(C)ccc1F. The van der Waals surface area contributed by atoms with Crippen molar-refractivity contribution in [1.29, 1.82) is 0 Å². The van der Waals surface area contributed by atoms with Gasteiger partial charge in [0.25, 0.3) is 0 Å². The monoisotopic (exact) mass is 237 g/mol. The van der Waals surface area contributed by atoms with E-state index in [-0.39, 0.29) is 11.9 Å². The fraction of sp³-hybridized carbons (Fsp3) is 0.600. The van der Waals surface area contributed by atoms with Gasteiger partial charge in [-0.05, 0) is 31.9 Å². The number of nitrogens with one attached hydrogen (secondary N) is 1. The average Bonchev–Trinajstić information content (AvgIpc) is 2.30. The van der Waals surface area contributed by atoms with E-state index in [9.17, 15) is 4.39 Å². The minimum atomic E-state index is -0.0931. The molecule has 0 aliphatic carbocycles. The van der Waals surface area contributed by atoms with Crippen LogP contribution >= 0.6 is 0 Å². The molecule has 1 nitrogen and oxygen atoms in total. The molecule has 0 radical (unpaired) electrons. The van der Waals surface area contributed by atoms with E-state index in [1.807, 2.05) is 19.1 Å². The maximum atomic E-state index is 13.9. The number of halogens is 1. The molecule has 0 aliphatic heterocycles. The summed E-state index contributed by atoms with van der Waals surface area (Å²) >= 11 is 0. The van der Waals surface area contributed by atoms with Crippen molar-refractivity contribution in [3.8, 4) is 0 Å². The summed E-state index contributed by atoms with van der Waals surface area (Å²) in [5, 5.41) is 3.41. The van der Waals surface area contributed by atoms with E-state index in [0.29, 0.717) is 5.92 Å². The van der Waals surface area contributed by atoms with Gasteiger partial charge in [0.05, 0.1) is 0 Å². The first kappa shape index (κ1) is 14.2. The van der Waals surface area contributed by atoms with E-state index >= 15 is 0 Å². The van der Waals surface area contributed by atoms with Crippen LogP contribution in [-0.2, 0) is 0 Å². The Labute approximate surface area is 104 Å². The fourth-order valence-corrected chi connectivity index (χ4v) is 2.36. The molecular weight excluding hydrogens is 213 g/mol. The van der Waals surface area contributed by atoms with Crippen LogP contribution in [-0.4, -0.2) is 6.54 Å². The Balaban J connectivity index is 2.99. The van der Waals surface area contributed by atoms with Crippen LogP contribution in [0.2, 0.25) is 0 Å². The smallest absolute Gasteiger partial charge is 0.128 e. The first-order valence-corrected chi connectivity index (χ1v) is 6.59. The molecule has 2 unspecified atom stereocenters. The van der Waals surface area contributed by atoms with Crippen molar-refractivity contribution in [1.82, 2.24) is 5.32 Å². The van der Waals surface area contributed by atoms with Crippen molar-refractivity contribution in [3.05, 3.63) is 35.1 Å². The minimum absolute atomic E-state index is 0.0931. The lowest BCUT2D eigenvalue weighted by atomic mass is 9.90. The number of rotatable bonds is 6. The summed E-state index contributed by atoms with van der Waals surface area (Å²) in [7, 11) is 0. The Bertz CT molecular complexity index is 349. The van der Waals surface area contributed by atoms with Crippen LogP contribution in [0.25, 0.3) is 0 Å². The van der Waals surface area contributed by atoms with Gasteiger partial charge >= 0.3 is 0 Å². The zero-order chi connectivity index (χ0) is 12.8. The fourth-order valence-electron chi connectivity index (χ4n) is 2.36. The molecular formula is C15H24FN. The van der Waals surface area contributed by atoms with Crippen molar-refractivity contribution >= 4 is 0 Å². The highest BCUT2D eigenvalue weighted by atomic mass is 19.1. The van der Waals surface area contributed by atoms with E-state index in [2.05, 4.69) is 26.1 Å². The largest absolute Gasteiger partial charge is 0.310 e. The Morgan fingerprint density at radius 1 is 1.29 bits per heavy atom. The van der Waals surface area contributed by atoms with Gasteiger partial charge < -0.3 is 5.32 Å². The van der Waals surface area contributed by atoms with Gasteiger partial charge in [-0.3, -0.25) is 0 Å². The van der Waals surface area contributed by atoms with Crippen molar-refractivity contribution in [2.24, 2.45) is 5.92 Å². The van der Waals surface area contributed by atoms with E-state index in [1.165, 1.54) is 0 Å². The summed E-state index contributed by atoms with van der Waals surface area (Å²) in [6.45, 7) is 9.31. The minimum Gasteiger partial charge on any atom is -0.310 e. The Morgan fingerprint density at radius 3 is 2.59 bits per heavy atom. The highest BCUT2D eigenvalue weighted by molar-refractivity contribution is 5.27. The van der Waals surface area contributed by atoms with Crippen LogP contribution in [0.1, 0.15) is 50.8 Å². The Kier molecular flexibility index (Phi) is 5.63. The summed E-state index contributed by atoms with van der Waals surface area (Å²) in [4.78, 5) is 0. The zero-order valence-electron chi connectivity index (χ0n) is 11.4. The van der Waals surface area contributed by atoms with Crippen LogP contribution in [0.5, 0.6) is 0 Å². The Morgan fingerprint density at radius 2 is 2.00 bits per heavy atom. The first-order chi connectivity index (χ1) is 8.10. The first-order valence-electron chi connectivity index (χ1n) is 6.59. The average molecular weight is 237 g/mol. The van der Waals surface area contributed by atoms with Crippen LogP contribution in [0.4, 0.5) is 4.39 Å². The molecule has 1 aromatic carbocycles. The summed E-state index contributed by atoms with van der Waals surface area (Å²) in [6, 6.07) is 5.49. The standard InChI is InChI=1S/C15H24FN/c1-5-7-12(4)15(17-6-2)13-10-11(3)8-9-14(13)16/h8-10,12,15,17H,5-7H2,1-4H3. The van der Waals surface area contributed by atoms with Crippen LogP contribution in [0, 0.1) is 18.7 Å². The normalized spacial score (nSPS) is 14.6. The van der Waals surface area contributed by atoms with Crippen molar-refractivity contribution < 1.29 is 4.39 Å². The number of benzene rings is 1. The molecule has 0 heterocycles. The molecule has 0 bridgehead atoms. The third-order valence-electron chi connectivity index (χ3n) is 3.22. The highest BCUT2D eigenvalue weighted by Crippen LogP contribution is 2.28. The molecule has 2 atom stereocenters. The summed E-state index contributed by atoms with van der Waals surface area (Å²) in [5.41, 5.74) is 1.93. The van der Waals surface area contributed by atoms with Gasteiger partial charge in [0, 0.05) is 11.6 Å². The molecule has 0 aromatic heterocycles. The van der Waals surface area contributed by atoms with Gasteiger partial charge in [0.15, 0.2) is 0 Å². The number of hydrogen-bond donors (Lipinski definition) is 1.